The summed E-state index contributed by atoms with van der Waals surface area (Å²) in [5.74, 6) is 0.135. The fraction of sp³-hybridized carbons (Fsp3) is 0.158. The molecule has 3 unspecified atom stereocenters. The Morgan fingerprint density at radius 3 is 2.43 bits per heavy atom. The second-order valence-electron chi connectivity index (χ2n) is 11.5. The fourth-order valence-corrected chi connectivity index (χ4v) is 7.40. The van der Waals surface area contributed by atoms with E-state index in [1.807, 2.05) is 0 Å². The molecular formula is C38H32N3O+. The topological polar surface area (TPSA) is 41.9 Å². The third-order valence-corrected chi connectivity index (χ3v) is 9.25. The second-order valence-corrected chi connectivity index (χ2v) is 11.5. The Hall–Kier alpha value is -4.96. The number of hydrogen-bond donors (Lipinski definition) is 1. The van der Waals surface area contributed by atoms with Crippen molar-refractivity contribution >= 4 is 27.8 Å². The lowest BCUT2D eigenvalue weighted by molar-refractivity contribution is -0.720. The minimum atomic E-state index is 0.0319. The predicted octanol–water partition coefficient (Wildman–Crippen LogP) is 8.75. The van der Waals surface area contributed by atoms with Gasteiger partial charge in [0, 0.05) is 39.7 Å². The van der Waals surface area contributed by atoms with Crippen LogP contribution in [-0.2, 0) is 0 Å². The van der Waals surface area contributed by atoms with Gasteiger partial charge in [-0.15, -0.1) is 6.58 Å². The van der Waals surface area contributed by atoms with Crippen LogP contribution in [0, 0.1) is 13.8 Å². The van der Waals surface area contributed by atoms with E-state index in [1.54, 1.807) is 0 Å². The Morgan fingerprint density at radius 2 is 1.62 bits per heavy atom. The van der Waals surface area contributed by atoms with Crippen molar-refractivity contribution in [2.75, 3.05) is 0 Å². The predicted molar refractivity (Wildman–Crippen MR) is 170 cm³/mol. The van der Waals surface area contributed by atoms with Crippen molar-refractivity contribution in [2.24, 2.45) is 0 Å². The van der Waals surface area contributed by atoms with Crippen LogP contribution in [0.3, 0.4) is 0 Å². The van der Waals surface area contributed by atoms with Crippen molar-refractivity contribution < 1.29 is 8.98 Å². The Balaban J connectivity index is 1.32. The van der Waals surface area contributed by atoms with Crippen molar-refractivity contribution in [3.63, 3.8) is 0 Å². The highest BCUT2D eigenvalue weighted by atomic mass is 16.3. The molecule has 0 spiro atoms. The molecule has 3 aromatic heterocycles. The number of nitrogens with one attached hydrogen (secondary N) is 1. The number of fused-ring (bicyclic) bond motifs is 8. The Bertz CT molecular complexity index is 2080. The van der Waals surface area contributed by atoms with Crippen LogP contribution >= 0.6 is 0 Å². The van der Waals surface area contributed by atoms with Crippen LogP contribution in [-0.4, -0.2) is 4.98 Å². The van der Waals surface area contributed by atoms with Crippen LogP contribution < -0.4 is 9.88 Å². The van der Waals surface area contributed by atoms with E-state index in [0.29, 0.717) is 5.71 Å². The van der Waals surface area contributed by atoms with Gasteiger partial charge in [-0.2, -0.15) is 4.57 Å². The summed E-state index contributed by atoms with van der Waals surface area (Å²) in [5.41, 5.74) is 13.4. The first-order chi connectivity index (χ1) is 20.6. The molecule has 5 heterocycles. The summed E-state index contributed by atoms with van der Waals surface area (Å²) >= 11 is 0. The minimum Gasteiger partial charge on any atom is -0.437 e. The number of benzene rings is 3. The molecule has 6 aromatic rings. The van der Waals surface area contributed by atoms with Gasteiger partial charge in [0.1, 0.15) is 11.6 Å². The molecule has 2 aliphatic heterocycles. The molecule has 3 atom stereocenters. The van der Waals surface area contributed by atoms with Gasteiger partial charge < -0.3 is 9.73 Å². The van der Waals surface area contributed by atoms with Crippen LogP contribution in [0.4, 0.5) is 0 Å². The van der Waals surface area contributed by atoms with E-state index in [-0.39, 0.29) is 18.0 Å². The second kappa shape index (κ2) is 9.28. The van der Waals surface area contributed by atoms with Crippen molar-refractivity contribution in [1.82, 2.24) is 10.3 Å². The number of rotatable bonds is 3. The number of allylic oxidation sites excluding steroid dienone is 2. The Kier molecular flexibility index (Phi) is 5.48. The molecule has 1 N–H and O–H groups in total. The van der Waals surface area contributed by atoms with Gasteiger partial charge in [-0.25, -0.2) is 4.98 Å². The number of furan rings is 1. The van der Waals surface area contributed by atoms with E-state index < -0.39 is 0 Å². The molecule has 0 amide bonds. The van der Waals surface area contributed by atoms with E-state index in [4.69, 9.17) is 9.40 Å². The maximum absolute atomic E-state index is 6.66. The molecule has 0 fully saturated rings. The summed E-state index contributed by atoms with van der Waals surface area (Å²) in [6, 6.07) is 30.5. The first-order valence-electron chi connectivity index (χ1n) is 14.7. The maximum Gasteiger partial charge on any atom is 0.227 e. The SMILES string of the molecule is C=CC1c2ccccc2-c2cccc[n+]2C1C1N/C(=C\C)c2c1ccc1c2oc2nc(-c3c(C)cccc3C)ccc21. The molecule has 0 radical (unpaired) electrons. The zero-order valence-corrected chi connectivity index (χ0v) is 24.1. The number of aromatic nitrogens is 2. The van der Waals surface area contributed by atoms with Crippen molar-refractivity contribution in [1.29, 1.82) is 0 Å². The summed E-state index contributed by atoms with van der Waals surface area (Å²) in [4.78, 5) is 5.05. The zero-order chi connectivity index (χ0) is 28.5. The lowest BCUT2D eigenvalue weighted by Gasteiger charge is -2.32. The highest BCUT2D eigenvalue weighted by Crippen LogP contribution is 2.50. The molecule has 42 heavy (non-hydrogen) atoms. The Morgan fingerprint density at radius 1 is 0.833 bits per heavy atom. The van der Waals surface area contributed by atoms with Gasteiger partial charge >= 0.3 is 0 Å². The minimum absolute atomic E-state index is 0.0319. The molecule has 2 aliphatic rings. The molecule has 0 aliphatic carbocycles. The maximum atomic E-state index is 6.66. The van der Waals surface area contributed by atoms with Gasteiger partial charge in [-0.05, 0) is 67.3 Å². The largest absolute Gasteiger partial charge is 0.437 e. The molecule has 0 bridgehead atoms. The zero-order valence-electron chi connectivity index (χ0n) is 24.1. The first-order valence-corrected chi connectivity index (χ1v) is 14.7. The van der Waals surface area contributed by atoms with Gasteiger partial charge in [0.15, 0.2) is 12.2 Å². The van der Waals surface area contributed by atoms with Gasteiger partial charge in [-0.3, -0.25) is 0 Å². The van der Waals surface area contributed by atoms with Gasteiger partial charge in [0.05, 0.1) is 17.2 Å². The van der Waals surface area contributed by atoms with Gasteiger partial charge in [0.2, 0.25) is 11.4 Å². The third kappa shape index (κ3) is 3.41. The van der Waals surface area contributed by atoms with Crippen LogP contribution in [0.1, 0.15) is 52.7 Å². The number of hydrogen-bond acceptors (Lipinski definition) is 3. The Labute approximate surface area is 245 Å². The standard InChI is InChI=1S/C38H32N3O/c1-5-24-25-14-7-8-15-26(25)32-16-9-10-21-41(32)36(24)35-29-18-17-27-28-19-20-31(33-22(3)12-11-13-23(33)4)40-38(28)42-37(27)34(29)30(6-2)39-35/h5-21,24,35-36,39H,1H2,2-4H3/q+1/b30-6-. The quantitative estimate of drug-likeness (QED) is 0.178. The van der Waals surface area contributed by atoms with Crippen molar-refractivity contribution in [3.05, 3.63) is 138 Å². The smallest absolute Gasteiger partial charge is 0.227 e. The average molecular weight is 547 g/mol. The van der Waals surface area contributed by atoms with Crippen LogP contribution in [0.25, 0.3) is 50.3 Å². The molecule has 0 saturated carbocycles. The molecule has 4 heteroatoms. The van der Waals surface area contributed by atoms with E-state index in [2.05, 4.69) is 141 Å². The van der Waals surface area contributed by atoms with Crippen LogP contribution in [0.5, 0.6) is 0 Å². The molecule has 204 valence electrons. The highest BCUT2D eigenvalue weighted by Gasteiger charge is 2.47. The summed E-state index contributed by atoms with van der Waals surface area (Å²) in [5, 5.41) is 6.04. The number of aryl methyl sites for hydroxylation is 2. The van der Waals surface area contributed by atoms with Crippen molar-refractivity contribution in [2.45, 2.75) is 38.8 Å². The number of nitrogens with zero attached hydrogens (tertiary/aromatic N) is 2. The normalized spacial score (nSPS) is 19.9. The monoisotopic (exact) mass is 546 g/mol. The van der Waals surface area contributed by atoms with E-state index in [9.17, 15) is 0 Å². The highest BCUT2D eigenvalue weighted by molar-refractivity contribution is 6.08. The van der Waals surface area contributed by atoms with Crippen molar-refractivity contribution in [3.8, 4) is 22.5 Å². The lowest BCUT2D eigenvalue weighted by atomic mass is 9.78. The summed E-state index contributed by atoms with van der Waals surface area (Å²) in [7, 11) is 0. The molecule has 4 nitrogen and oxygen atoms in total. The van der Waals surface area contributed by atoms with Crippen LogP contribution in [0.2, 0.25) is 0 Å². The molecule has 3 aromatic carbocycles. The van der Waals surface area contributed by atoms with Gasteiger partial charge in [0.25, 0.3) is 0 Å². The van der Waals surface area contributed by atoms with E-state index in [0.717, 1.165) is 33.3 Å². The summed E-state index contributed by atoms with van der Waals surface area (Å²) in [6.07, 6.45) is 6.48. The molecule has 8 rings (SSSR count). The summed E-state index contributed by atoms with van der Waals surface area (Å²) < 4.78 is 9.09. The molecule has 0 saturated heterocycles. The van der Waals surface area contributed by atoms with E-state index in [1.165, 1.54) is 39.1 Å². The van der Waals surface area contributed by atoms with Crippen LogP contribution in [0.15, 0.2) is 114 Å². The number of pyridine rings is 2. The third-order valence-electron chi connectivity index (χ3n) is 9.25. The fourth-order valence-electron chi connectivity index (χ4n) is 7.40. The average Bonchev–Trinajstić information content (AvgIpc) is 3.58. The van der Waals surface area contributed by atoms with Gasteiger partial charge in [-0.1, -0.05) is 60.7 Å². The first kappa shape index (κ1) is 24.8. The lowest BCUT2D eigenvalue weighted by Crippen LogP contribution is -2.51. The van der Waals surface area contributed by atoms with E-state index >= 15 is 0 Å². The molecular weight excluding hydrogens is 514 g/mol. The summed E-state index contributed by atoms with van der Waals surface area (Å²) in [6.45, 7) is 10.7.